The number of halogens is 2. The monoisotopic (exact) mass is 311 g/mol. The topological polar surface area (TPSA) is 49.6 Å². The third kappa shape index (κ3) is 5.10. The fraction of sp³-hybridized carbons (Fsp3) is 0.923. The molecule has 0 aliphatic carbocycles. The van der Waals surface area contributed by atoms with E-state index >= 15 is 0 Å². The lowest BCUT2D eigenvalue weighted by atomic mass is 10.1. The van der Waals surface area contributed by atoms with Crippen molar-refractivity contribution in [3.63, 3.8) is 0 Å². The highest BCUT2D eigenvalue weighted by molar-refractivity contribution is 5.85. The molecule has 0 aromatic rings. The van der Waals surface area contributed by atoms with E-state index in [1.807, 2.05) is 11.8 Å². The molecule has 2 aliphatic rings. The molecule has 2 fully saturated rings. The van der Waals surface area contributed by atoms with Gasteiger partial charge in [-0.25, -0.2) is 0 Å². The van der Waals surface area contributed by atoms with E-state index in [1.54, 1.807) is 0 Å². The van der Waals surface area contributed by atoms with E-state index in [0.717, 1.165) is 25.9 Å². The van der Waals surface area contributed by atoms with Crippen LogP contribution in [0.25, 0.3) is 0 Å². The number of nitrogens with two attached hydrogens (primary N) is 1. The van der Waals surface area contributed by atoms with Crippen LogP contribution in [0.2, 0.25) is 0 Å². The van der Waals surface area contributed by atoms with E-state index in [0.29, 0.717) is 5.92 Å². The Balaban J connectivity index is 0.00000162. The molecule has 6 heteroatoms. The zero-order valence-electron chi connectivity index (χ0n) is 11.7. The highest BCUT2D eigenvalue weighted by Gasteiger charge is 2.30. The van der Waals surface area contributed by atoms with Gasteiger partial charge >= 0.3 is 0 Å². The van der Waals surface area contributed by atoms with Gasteiger partial charge in [-0.1, -0.05) is 6.92 Å². The van der Waals surface area contributed by atoms with Crippen molar-refractivity contribution < 1.29 is 4.79 Å². The number of nitrogens with zero attached hydrogens (tertiary/aromatic N) is 2. The fourth-order valence-corrected chi connectivity index (χ4v) is 2.92. The Morgan fingerprint density at radius 3 is 2.47 bits per heavy atom. The molecule has 0 spiro atoms. The number of rotatable bonds is 4. The Hall–Kier alpha value is -0.0300. The van der Waals surface area contributed by atoms with Crippen molar-refractivity contribution in [2.75, 3.05) is 32.7 Å². The van der Waals surface area contributed by atoms with Crippen LogP contribution in [0.5, 0.6) is 0 Å². The summed E-state index contributed by atoms with van der Waals surface area (Å²) in [5.74, 6) is 0.817. The highest BCUT2D eigenvalue weighted by atomic mass is 35.5. The van der Waals surface area contributed by atoms with Crippen LogP contribution in [0.15, 0.2) is 0 Å². The van der Waals surface area contributed by atoms with Crippen molar-refractivity contribution >= 4 is 30.7 Å². The maximum Gasteiger partial charge on any atom is 0.239 e. The largest absolute Gasteiger partial charge is 0.341 e. The molecule has 2 aliphatic heterocycles. The van der Waals surface area contributed by atoms with Crippen molar-refractivity contribution in [2.24, 2.45) is 11.7 Å². The fourth-order valence-electron chi connectivity index (χ4n) is 2.92. The number of amides is 1. The highest BCUT2D eigenvalue weighted by Crippen LogP contribution is 2.20. The number of hydrogen-bond donors (Lipinski definition) is 1. The molecular formula is C13H27Cl2N3O. The van der Waals surface area contributed by atoms with E-state index < -0.39 is 0 Å². The van der Waals surface area contributed by atoms with Gasteiger partial charge in [-0.2, -0.15) is 0 Å². The molecular weight excluding hydrogens is 285 g/mol. The third-order valence-corrected chi connectivity index (χ3v) is 4.07. The standard InChI is InChI=1S/C13H25N3O.2ClH/c1-2-12(14)13(17)16-8-5-11(10-16)9-15-6-3-4-7-15;;/h11-12H,2-10,14H2,1H3;2*1H/t11?,12-;;/m0../s1. The van der Waals surface area contributed by atoms with Crippen molar-refractivity contribution in [3.05, 3.63) is 0 Å². The number of carbonyl (C=O) groups excluding carboxylic acids is 1. The van der Waals surface area contributed by atoms with Gasteiger partial charge in [0.05, 0.1) is 6.04 Å². The molecule has 0 saturated carbocycles. The van der Waals surface area contributed by atoms with Crippen LogP contribution in [0.4, 0.5) is 0 Å². The van der Waals surface area contributed by atoms with Gasteiger partial charge in [-0.3, -0.25) is 4.79 Å². The molecule has 2 atom stereocenters. The van der Waals surface area contributed by atoms with Crippen LogP contribution in [0.1, 0.15) is 32.6 Å². The summed E-state index contributed by atoms with van der Waals surface area (Å²) in [6, 6.07) is -0.291. The van der Waals surface area contributed by atoms with Gasteiger partial charge in [0.15, 0.2) is 0 Å². The third-order valence-electron chi connectivity index (χ3n) is 4.07. The zero-order valence-corrected chi connectivity index (χ0v) is 13.3. The van der Waals surface area contributed by atoms with Gasteiger partial charge in [0, 0.05) is 19.6 Å². The molecule has 2 saturated heterocycles. The first-order valence-corrected chi connectivity index (χ1v) is 6.97. The molecule has 0 bridgehead atoms. The molecule has 4 nitrogen and oxygen atoms in total. The SMILES string of the molecule is CC[C@H](N)C(=O)N1CCC(CN2CCCC2)C1.Cl.Cl. The van der Waals surface area contributed by atoms with E-state index in [4.69, 9.17) is 5.73 Å². The van der Waals surface area contributed by atoms with E-state index in [9.17, 15) is 4.79 Å². The van der Waals surface area contributed by atoms with Crippen molar-refractivity contribution in [1.82, 2.24) is 9.80 Å². The van der Waals surface area contributed by atoms with Gasteiger partial charge in [0.25, 0.3) is 0 Å². The van der Waals surface area contributed by atoms with Crippen LogP contribution in [-0.4, -0.2) is 54.5 Å². The molecule has 2 rings (SSSR count). The summed E-state index contributed by atoms with van der Waals surface area (Å²) in [6.07, 6.45) is 4.58. The summed E-state index contributed by atoms with van der Waals surface area (Å²) in [6.45, 7) is 7.47. The van der Waals surface area contributed by atoms with Gasteiger partial charge in [0.2, 0.25) is 5.91 Å². The first kappa shape index (κ1) is 19.0. The molecule has 2 heterocycles. The maximum atomic E-state index is 11.9. The lowest BCUT2D eigenvalue weighted by Gasteiger charge is -2.22. The Kier molecular flexibility index (Phi) is 8.99. The van der Waals surface area contributed by atoms with Crippen LogP contribution < -0.4 is 5.73 Å². The van der Waals surface area contributed by atoms with Gasteiger partial charge < -0.3 is 15.5 Å². The second kappa shape index (κ2) is 9.01. The van der Waals surface area contributed by atoms with Crippen molar-refractivity contribution in [3.8, 4) is 0 Å². The van der Waals surface area contributed by atoms with E-state index in [2.05, 4.69) is 4.90 Å². The zero-order chi connectivity index (χ0) is 12.3. The summed E-state index contributed by atoms with van der Waals surface area (Å²) in [5.41, 5.74) is 5.80. The minimum absolute atomic E-state index is 0. The summed E-state index contributed by atoms with van der Waals surface area (Å²) in [7, 11) is 0. The summed E-state index contributed by atoms with van der Waals surface area (Å²) in [4.78, 5) is 16.5. The van der Waals surface area contributed by atoms with Gasteiger partial charge in [-0.15, -0.1) is 24.8 Å². The molecule has 1 amide bonds. The summed E-state index contributed by atoms with van der Waals surface area (Å²) in [5, 5.41) is 0. The van der Waals surface area contributed by atoms with Gasteiger partial charge in [-0.05, 0) is 44.7 Å². The van der Waals surface area contributed by atoms with E-state index in [1.165, 1.54) is 32.5 Å². The average molecular weight is 312 g/mol. The Morgan fingerprint density at radius 1 is 1.26 bits per heavy atom. The summed E-state index contributed by atoms with van der Waals surface area (Å²) >= 11 is 0. The Labute approximate surface area is 128 Å². The van der Waals surface area contributed by atoms with Crippen molar-refractivity contribution in [1.29, 1.82) is 0 Å². The maximum absolute atomic E-state index is 11.9. The molecule has 0 aromatic heterocycles. The van der Waals surface area contributed by atoms with Crippen molar-refractivity contribution in [2.45, 2.75) is 38.6 Å². The quantitative estimate of drug-likeness (QED) is 0.856. The van der Waals surface area contributed by atoms with Crippen LogP contribution in [0, 0.1) is 5.92 Å². The molecule has 114 valence electrons. The predicted molar refractivity (Wildman–Crippen MR) is 83.1 cm³/mol. The number of hydrogen-bond acceptors (Lipinski definition) is 3. The molecule has 1 unspecified atom stereocenters. The molecule has 0 aromatic carbocycles. The minimum atomic E-state index is -0.291. The summed E-state index contributed by atoms with van der Waals surface area (Å²) < 4.78 is 0. The lowest BCUT2D eigenvalue weighted by molar-refractivity contribution is -0.131. The first-order valence-electron chi connectivity index (χ1n) is 6.97. The van der Waals surface area contributed by atoms with Crippen LogP contribution >= 0.6 is 24.8 Å². The van der Waals surface area contributed by atoms with Crippen LogP contribution in [0.3, 0.4) is 0 Å². The average Bonchev–Trinajstić information content (AvgIpc) is 2.99. The molecule has 2 N–H and O–H groups in total. The Morgan fingerprint density at radius 2 is 1.89 bits per heavy atom. The number of likely N-dealkylation sites (tertiary alicyclic amines) is 2. The molecule has 0 radical (unpaired) electrons. The number of carbonyl (C=O) groups is 1. The lowest BCUT2D eigenvalue weighted by Crippen LogP contribution is -2.42. The first-order chi connectivity index (χ1) is 8.20. The van der Waals surface area contributed by atoms with Gasteiger partial charge in [0.1, 0.15) is 0 Å². The smallest absolute Gasteiger partial charge is 0.239 e. The normalized spacial score (nSPS) is 24.7. The second-order valence-electron chi connectivity index (χ2n) is 5.46. The Bertz CT molecular complexity index is 273. The van der Waals surface area contributed by atoms with E-state index in [-0.39, 0.29) is 36.8 Å². The molecule has 19 heavy (non-hydrogen) atoms. The van der Waals surface area contributed by atoms with Crippen LogP contribution in [-0.2, 0) is 4.79 Å². The predicted octanol–water partition coefficient (Wildman–Crippen LogP) is 1.51. The minimum Gasteiger partial charge on any atom is -0.341 e. The second-order valence-corrected chi connectivity index (χ2v) is 5.46.